The van der Waals surface area contributed by atoms with Gasteiger partial charge in [-0.15, -0.1) is 11.3 Å². The summed E-state index contributed by atoms with van der Waals surface area (Å²) in [6.45, 7) is 8.09. The standard InChI is InChI=1S/C22H32N4O4S/c1-13-6-7-14-15(9-23)20(31-18(14)8-13)24-19(28)12-25(5)16-10-26(11-17(16)27)21(29)30-22(2,3)4/h13,16-17,27H,6-8,10-12H2,1-5H3,(H,24,28)/t13-,16+,17+/m1/s1. The lowest BCUT2D eigenvalue weighted by molar-refractivity contribution is -0.117. The molecule has 3 atom stereocenters. The Morgan fingerprint density at radius 3 is 2.74 bits per heavy atom. The molecule has 1 aliphatic heterocycles. The van der Waals surface area contributed by atoms with E-state index in [0.717, 1.165) is 24.8 Å². The Morgan fingerprint density at radius 1 is 1.39 bits per heavy atom. The molecule has 0 saturated carbocycles. The lowest BCUT2D eigenvalue weighted by atomic mass is 9.89. The number of likely N-dealkylation sites (N-methyl/N-ethyl adjacent to an activating group) is 1. The number of aliphatic hydroxyl groups is 1. The van der Waals surface area contributed by atoms with Gasteiger partial charge < -0.3 is 20.1 Å². The number of ether oxygens (including phenoxy) is 1. The summed E-state index contributed by atoms with van der Waals surface area (Å²) in [4.78, 5) is 29.4. The van der Waals surface area contributed by atoms with E-state index >= 15 is 0 Å². The highest BCUT2D eigenvalue weighted by molar-refractivity contribution is 7.16. The molecule has 31 heavy (non-hydrogen) atoms. The molecular formula is C22H32N4O4S. The van der Waals surface area contributed by atoms with E-state index in [2.05, 4.69) is 18.3 Å². The van der Waals surface area contributed by atoms with Gasteiger partial charge in [0.15, 0.2) is 0 Å². The van der Waals surface area contributed by atoms with Gasteiger partial charge >= 0.3 is 6.09 Å². The molecule has 1 fully saturated rings. The fraction of sp³-hybridized carbons (Fsp3) is 0.682. The molecule has 2 N–H and O–H groups in total. The zero-order valence-electron chi connectivity index (χ0n) is 18.9. The first-order valence-corrected chi connectivity index (χ1v) is 11.5. The fourth-order valence-corrected chi connectivity index (χ4v) is 5.52. The number of fused-ring (bicyclic) bond motifs is 1. The number of carbonyl (C=O) groups excluding carboxylic acids is 2. The number of carbonyl (C=O) groups is 2. The summed E-state index contributed by atoms with van der Waals surface area (Å²) in [6, 6.07) is 1.89. The number of nitrogens with one attached hydrogen (secondary N) is 1. The topological polar surface area (TPSA) is 106 Å². The van der Waals surface area contributed by atoms with Crippen LogP contribution in [0.5, 0.6) is 0 Å². The zero-order chi connectivity index (χ0) is 22.9. The Balaban J connectivity index is 1.60. The highest BCUT2D eigenvalue weighted by Gasteiger charge is 2.38. The van der Waals surface area contributed by atoms with Crippen LogP contribution in [0.3, 0.4) is 0 Å². The number of hydrogen-bond acceptors (Lipinski definition) is 7. The van der Waals surface area contributed by atoms with Crippen LogP contribution in [0.2, 0.25) is 0 Å². The maximum atomic E-state index is 12.7. The lowest BCUT2D eigenvalue weighted by Crippen LogP contribution is -2.44. The molecule has 1 saturated heterocycles. The van der Waals surface area contributed by atoms with E-state index in [1.54, 1.807) is 32.7 Å². The third-order valence-electron chi connectivity index (χ3n) is 5.75. The summed E-state index contributed by atoms with van der Waals surface area (Å²) in [5.74, 6) is 0.345. The second-order valence-electron chi connectivity index (χ2n) is 9.65. The third-order valence-corrected chi connectivity index (χ3v) is 6.92. The molecule has 0 aromatic carbocycles. The summed E-state index contributed by atoms with van der Waals surface area (Å²) in [5.41, 5.74) is 1.05. The van der Waals surface area contributed by atoms with Gasteiger partial charge in [-0.25, -0.2) is 4.79 Å². The van der Waals surface area contributed by atoms with E-state index in [1.165, 1.54) is 21.1 Å². The summed E-state index contributed by atoms with van der Waals surface area (Å²) >= 11 is 1.50. The number of nitrogens with zero attached hydrogens (tertiary/aromatic N) is 3. The number of anilines is 1. The molecule has 1 aromatic heterocycles. The number of amides is 2. The van der Waals surface area contributed by atoms with Crippen LogP contribution in [-0.2, 0) is 22.4 Å². The molecule has 170 valence electrons. The summed E-state index contributed by atoms with van der Waals surface area (Å²) in [6.07, 6.45) is 1.64. The molecule has 1 aliphatic carbocycles. The van der Waals surface area contributed by atoms with Gasteiger partial charge in [0, 0.05) is 11.4 Å². The van der Waals surface area contributed by atoms with Crippen molar-refractivity contribution in [3.63, 3.8) is 0 Å². The molecule has 1 aromatic rings. The third kappa shape index (κ3) is 5.56. The van der Waals surface area contributed by atoms with Gasteiger partial charge in [-0.1, -0.05) is 6.92 Å². The second kappa shape index (κ2) is 9.15. The predicted octanol–water partition coefficient (Wildman–Crippen LogP) is 2.60. The zero-order valence-corrected chi connectivity index (χ0v) is 19.7. The summed E-state index contributed by atoms with van der Waals surface area (Å²) < 4.78 is 5.38. The smallest absolute Gasteiger partial charge is 0.410 e. The first-order valence-electron chi connectivity index (χ1n) is 10.7. The minimum absolute atomic E-state index is 0.0493. The Labute approximate surface area is 187 Å². The highest BCUT2D eigenvalue weighted by atomic mass is 32.1. The lowest BCUT2D eigenvalue weighted by Gasteiger charge is -2.26. The molecule has 0 spiro atoms. The van der Waals surface area contributed by atoms with Crippen molar-refractivity contribution >= 4 is 28.3 Å². The quantitative estimate of drug-likeness (QED) is 0.733. The minimum Gasteiger partial charge on any atom is -0.444 e. The molecule has 2 heterocycles. The number of nitriles is 1. The van der Waals surface area contributed by atoms with E-state index in [1.807, 2.05) is 0 Å². The number of β-amino-alcohol motifs (C(OH)–C–C–N with tert-alkyl or cyclic N) is 1. The van der Waals surface area contributed by atoms with Gasteiger partial charge in [0.05, 0.1) is 30.8 Å². The van der Waals surface area contributed by atoms with Crippen LogP contribution in [0.4, 0.5) is 9.80 Å². The highest BCUT2D eigenvalue weighted by Crippen LogP contribution is 2.39. The largest absolute Gasteiger partial charge is 0.444 e. The normalized spacial score (nSPS) is 23.4. The Kier molecular flexibility index (Phi) is 6.94. The average molecular weight is 449 g/mol. The van der Waals surface area contributed by atoms with Gasteiger partial charge in [-0.2, -0.15) is 5.26 Å². The number of thiophene rings is 1. The van der Waals surface area contributed by atoms with Crippen molar-refractivity contribution in [1.29, 1.82) is 5.26 Å². The van der Waals surface area contributed by atoms with E-state index in [0.29, 0.717) is 16.5 Å². The van der Waals surface area contributed by atoms with Crippen molar-refractivity contribution in [2.45, 2.75) is 64.7 Å². The van der Waals surface area contributed by atoms with Crippen LogP contribution in [0.1, 0.15) is 50.1 Å². The molecule has 3 rings (SSSR count). The maximum absolute atomic E-state index is 12.7. The molecule has 0 radical (unpaired) electrons. The molecule has 8 nitrogen and oxygen atoms in total. The average Bonchev–Trinajstić information content (AvgIpc) is 3.19. The molecule has 0 unspecified atom stereocenters. The van der Waals surface area contributed by atoms with Gasteiger partial charge in [0.1, 0.15) is 16.7 Å². The van der Waals surface area contributed by atoms with E-state index in [4.69, 9.17) is 4.74 Å². The van der Waals surface area contributed by atoms with Crippen LogP contribution in [0.15, 0.2) is 0 Å². The second-order valence-corrected chi connectivity index (χ2v) is 10.8. The fourth-order valence-electron chi connectivity index (χ4n) is 4.15. The minimum atomic E-state index is -0.768. The van der Waals surface area contributed by atoms with Crippen molar-refractivity contribution < 1.29 is 19.4 Å². The number of rotatable bonds is 4. The van der Waals surface area contributed by atoms with Crippen molar-refractivity contribution in [2.24, 2.45) is 5.92 Å². The first-order chi connectivity index (χ1) is 14.5. The summed E-state index contributed by atoms with van der Waals surface area (Å²) in [7, 11) is 1.75. The van der Waals surface area contributed by atoms with Crippen LogP contribution in [-0.4, -0.2) is 71.3 Å². The van der Waals surface area contributed by atoms with E-state index in [9.17, 15) is 20.0 Å². The van der Waals surface area contributed by atoms with Gasteiger partial charge in [0.2, 0.25) is 5.91 Å². The molecule has 2 amide bonds. The van der Waals surface area contributed by atoms with Crippen LogP contribution in [0.25, 0.3) is 0 Å². The number of aliphatic hydroxyl groups excluding tert-OH is 1. The van der Waals surface area contributed by atoms with Crippen molar-refractivity contribution in [1.82, 2.24) is 9.80 Å². The predicted molar refractivity (Wildman–Crippen MR) is 119 cm³/mol. The molecule has 2 aliphatic rings. The van der Waals surface area contributed by atoms with Crippen LogP contribution in [0, 0.1) is 17.2 Å². The maximum Gasteiger partial charge on any atom is 0.410 e. The Bertz CT molecular complexity index is 885. The molecule has 0 bridgehead atoms. The van der Waals surface area contributed by atoms with Crippen molar-refractivity contribution in [3.05, 3.63) is 16.0 Å². The van der Waals surface area contributed by atoms with Crippen LogP contribution >= 0.6 is 11.3 Å². The number of hydrogen-bond donors (Lipinski definition) is 2. The number of likely N-dealkylation sites (tertiary alicyclic amines) is 1. The monoisotopic (exact) mass is 448 g/mol. The van der Waals surface area contributed by atoms with Crippen molar-refractivity contribution in [3.8, 4) is 6.07 Å². The first kappa shape index (κ1) is 23.5. The van der Waals surface area contributed by atoms with E-state index in [-0.39, 0.29) is 31.6 Å². The summed E-state index contributed by atoms with van der Waals surface area (Å²) in [5, 5.41) is 23.5. The van der Waals surface area contributed by atoms with E-state index < -0.39 is 17.8 Å². The Hall–Kier alpha value is -2.15. The van der Waals surface area contributed by atoms with Gasteiger partial charge in [0.25, 0.3) is 0 Å². The Morgan fingerprint density at radius 2 is 2.10 bits per heavy atom. The SMILES string of the molecule is C[C@@H]1CCc2c(sc(NC(=O)CN(C)[C@H]3CN(C(=O)OC(C)(C)C)C[C@@H]3O)c2C#N)C1. The molecular weight excluding hydrogens is 416 g/mol. The van der Waals surface area contributed by atoms with Crippen molar-refractivity contribution in [2.75, 3.05) is 32.0 Å². The van der Waals surface area contributed by atoms with Gasteiger partial charge in [-0.3, -0.25) is 9.69 Å². The van der Waals surface area contributed by atoms with Gasteiger partial charge in [-0.05, 0) is 58.6 Å². The molecule has 9 heteroatoms. The van der Waals surface area contributed by atoms with Crippen LogP contribution < -0.4 is 5.32 Å².